The molecule has 1 aliphatic heterocycles. The van der Waals surface area contributed by atoms with Gasteiger partial charge in [0, 0.05) is 19.1 Å². The minimum atomic E-state index is -0.263. The van der Waals surface area contributed by atoms with Crippen molar-refractivity contribution in [3.63, 3.8) is 0 Å². The zero-order valence-electron chi connectivity index (χ0n) is 15.5. The predicted octanol–water partition coefficient (Wildman–Crippen LogP) is 2.38. The standard InChI is InChI=1S/C19H29N5O/c1-13-8-16(10-20-11-18-21-19(25)23-22-18)15(3)17(9-13)12-24-7-5-4-6-14(24)2/h8-9,14,20H,4-7,10-12H2,1-3H3,(H2,21,22,23,25). The molecule has 0 amide bonds. The summed E-state index contributed by atoms with van der Waals surface area (Å²) in [5.74, 6) is 0.637. The van der Waals surface area contributed by atoms with Crippen molar-refractivity contribution in [2.24, 2.45) is 0 Å². The molecule has 2 aromatic rings. The summed E-state index contributed by atoms with van der Waals surface area (Å²) in [6, 6.07) is 5.25. The van der Waals surface area contributed by atoms with Gasteiger partial charge in [0.05, 0.1) is 6.54 Å². The van der Waals surface area contributed by atoms with Gasteiger partial charge in [-0.1, -0.05) is 24.1 Å². The molecule has 0 spiro atoms. The van der Waals surface area contributed by atoms with Gasteiger partial charge in [0.1, 0.15) is 5.82 Å². The van der Waals surface area contributed by atoms with Crippen LogP contribution in [0.5, 0.6) is 0 Å². The van der Waals surface area contributed by atoms with E-state index >= 15 is 0 Å². The molecule has 6 nitrogen and oxygen atoms in total. The van der Waals surface area contributed by atoms with Gasteiger partial charge in [-0.25, -0.2) is 9.89 Å². The van der Waals surface area contributed by atoms with Crippen LogP contribution in [-0.2, 0) is 19.6 Å². The number of nitrogens with one attached hydrogen (secondary N) is 3. The molecule has 0 saturated carbocycles. The number of H-pyrrole nitrogens is 2. The Morgan fingerprint density at radius 1 is 1.24 bits per heavy atom. The molecule has 1 fully saturated rings. The summed E-state index contributed by atoms with van der Waals surface area (Å²) in [7, 11) is 0. The predicted molar refractivity (Wildman–Crippen MR) is 99.4 cm³/mol. The monoisotopic (exact) mass is 343 g/mol. The first-order valence-electron chi connectivity index (χ1n) is 9.20. The molecule has 6 heteroatoms. The summed E-state index contributed by atoms with van der Waals surface area (Å²) < 4.78 is 0. The van der Waals surface area contributed by atoms with Crippen molar-refractivity contribution >= 4 is 0 Å². The van der Waals surface area contributed by atoms with Gasteiger partial charge in [0.25, 0.3) is 0 Å². The number of aromatic amines is 2. The number of likely N-dealkylation sites (tertiary alicyclic amines) is 1. The second-order valence-corrected chi connectivity index (χ2v) is 7.25. The number of hydrogen-bond donors (Lipinski definition) is 3. The molecule has 1 aliphatic rings. The fourth-order valence-corrected chi connectivity index (χ4v) is 3.68. The molecule has 1 saturated heterocycles. The van der Waals surface area contributed by atoms with Crippen LogP contribution in [0, 0.1) is 13.8 Å². The molecule has 136 valence electrons. The Morgan fingerprint density at radius 2 is 2.04 bits per heavy atom. The molecular formula is C19H29N5O. The number of piperidine rings is 1. The maximum atomic E-state index is 11.1. The SMILES string of the molecule is Cc1cc(CNCc2n[nH]c(=O)[nH]2)c(C)c(CN2CCCCC2C)c1. The zero-order chi connectivity index (χ0) is 17.8. The molecule has 3 N–H and O–H groups in total. The largest absolute Gasteiger partial charge is 0.340 e. The maximum absolute atomic E-state index is 11.1. The van der Waals surface area contributed by atoms with Crippen LogP contribution in [0.4, 0.5) is 0 Å². The third kappa shape index (κ3) is 4.58. The Balaban J connectivity index is 1.67. The van der Waals surface area contributed by atoms with Gasteiger partial charge >= 0.3 is 5.69 Å². The van der Waals surface area contributed by atoms with E-state index in [9.17, 15) is 4.79 Å². The number of nitrogens with zero attached hydrogens (tertiary/aromatic N) is 2. The van der Waals surface area contributed by atoms with E-state index in [4.69, 9.17) is 0 Å². The van der Waals surface area contributed by atoms with Gasteiger partial charge < -0.3 is 5.32 Å². The lowest BCUT2D eigenvalue weighted by atomic mass is 9.96. The van der Waals surface area contributed by atoms with E-state index in [1.165, 1.54) is 48.1 Å². The summed E-state index contributed by atoms with van der Waals surface area (Å²) in [6.07, 6.45) is 3.97. The van der Waals surface area contributed by atoms with Gasteiger partial charge in [-0.15, -0.1) is 0 Å². The van der Waals surface area contributed by atoms with E-state index in [2.05, 4.69) is 58.3 Å². The lowest BCUT2D eigenvalue weighted by molar-refractivity contribution is 0.152. The molecule has 0 radical (unpaired) electrons. The molecule has 0 aliphatic carbocycles. The van der Waals surface area contributed by atoms with Gasteiger partial charge in [-0.2, -0.15) is 5.10 Å². The molecule has 1 aromatic heterocycles. The van der Waals surface area contributed by atoms with Crippen molar-refractivity contribution in [2.45, 2.75) is 65.7 Å². The Hall–Kier alpha value is -1.92. The van der Waals surface area contributed by atoms with Crippen LogP contribution in [0.1, 0.15) is 54.3 Å². The first kappa shape index (κ1) is 17.9. The molecule has 0 bridgehead atoms. The van der Waals surface area contributed by atoms with Crippen LogP contribution in [0.3, 0.4) is 0 Å². The summed E-state index contributed by atoms with van der Waals surface area (Å²) >= 11 is 0. The molecule has 25 heavy (non-hydrogen) atoms. The minimum absolute atomic E-state index is 0.263. The fraction of sp³-hybridized carbons (Fsp3) is 0.579. The molecule has 1 aromatic carbocycles. The fourth-order valence-electron chi connectivity index (χ4n) is 3.68. The van der Waals surface area contributed by atoms with Crippen LogP contribution in [-0.4, -0.2) is 32.7 Å². The van der Waals surface area contributed by atoms with E-state index in [-0.39, 0.29) is 5.69 Å². The summed E-state index contributed by atoms with van der Waals surface area (Å²) in [5.41, 5.74) is 5.15. The van der Waals surface area contributed by atoms with Crippen LogP contribution < -0.4 is 11.0 Å². The summed E-state index contributed by atoms with van der Waals surface area (Å²) in [4.78, 5) is 16.4. The van der Waals surface area contributed by atoms with Crippen molar-refractivity contribution in [1.29, 1.82) is 0 Å². The van der Waals surface area contributed by atoms with Gasteiger partial charge in [-0.05, 0) is 56.8 Å². The lowest BCUT2D eigenvalue weighted by Crippen LogP contribution is -2.37. The number of aromatic nitrogens is 3. The normalized spacial score (nSPS) is 18.6. The number of benzene rings is 1. The van der Waals surface area contributed by atoms with E-state index in [1.54, 1.807) is 0 Å². The van der Waals surface area contributed by atoms with Crippen molar-refractivity contribution < 1.29 is 0 Å². The topological polar surface area (TPSA) is 76.8 Å². The summed E-state index contributed by atoms with van der Waals surface area (Å²) in [5, 5.41) is 9.69. The van der Waals surface area contributed by atoms with Crippen LogP contribution in [0.2, 0.25) is 0 Å². The quantitative estimate of drug-likeness (QED) is 0.753. The molecule has 2 heterocycles. The minimum Gasteiger partial charge on any atom is -0.306 e. The number of aryl methyl sites for hydroxylation is 1. The van der Waals surface area contributed by atoms with Crippen LogP contribution in [0.15, 0.2) is 16.9 Å². The lowest BCUT2D eigenvalue weighted by Gasteiger charge is -2.34. The highest BCUT2D eigenvalue weighted by molar-refractivity contribution is 5.38. The Labute approximate surface area is 149 Å². The highest BCUT2D eigenvalue weighted by atomic mass is 16.1. The molecule has 1 unspecified atom stereocenters. The van der Waals surface area contributed by atoms with E-state index in [0.717, 1.165) is 13.1 Å². The first-order valence-corrected chi connectivity index (χ1v) is 9.20. The van der Waals surface area contributed by atoms with Crippen LogP contribution >= 0.6 is 0 Å². The highest BCUT2D eigenvalue weighted by Crippen LogP contribution is 2.23. The van der Waals surface area contributed by atoms with Crippen LogP contribution in [0.25, 0.3) is 0 Å². The first-order chi connectivity index (χ1) is 12.0. The molecular weight excluding hydrogens is 314 g/mol. The van der Waals surface area contributed by atoms with Crippen molar-refractivity contribution in [3.05, 3.63) is 50.7 Å². The van der Waals surface area contributed by atoms with Crippen molar-refractivity contribution in [3.8, 4) is 0 Å². The van der Waals surface area contributed by atoms with E-state index < -0.39 is 0 Å². The second-order valence-electron chi connectivity index (χ2n) is 7.25. The number of rotatable bonds is 6. The number of hydrogen-bond acceptors (Lipinski definition) is 4. The van der Waals surface area contributed by atoms with E-state index in [1.807, 2.05) is 0 Å². The Bertz CT molecular complexity index is 763. The average molecular weight is 343 g/mol. The Morgan fingerprint density at radius 3 is 2.76 bits per heavy atom. The smallest absolute Gasteiger partial charge is 0.306 e. The third-order valence-electron chi connectivity index (χ3n) is 5.24. The average Bonchev–Trinajstić information content (AvgIpc) is 2.99. The van der Waals surface area contributed by atoms with Gasteiger partial charge in [-0.3, -0.25) is 9.88 Å². The van der Waals surface area contributed by atoms with E-state index in [0.29, 0.717) is 18.4 Å². The van der Waals surface area contributed by atoms with Crippen molar-refractivity contribution in [1.82, 2.24) is 25.4 Å². The Kier molecular flexibility index (Phi) is 5.71. The maximum Gasteiger partial charge on any atom is 0.340 e. The van der Waals surface area contributed by atoms with Crippen molar-refractivity contribution in [2.75, 3.05) is 6.54 Å². The summed E-state index contributed by atoms with van der Waals surface area (Å²) in [6.45, 7) is 10.3. The second kappa shape index (κ2) is 7.97. The zero-order valence-corrected chi connectivity index (χ0v) is 15.5. The van der Waals surface area contributed by atoms with Gasteiger partial charge in [0.15, 0.2) is 0 Å². The highest BCUT2D eigenvalue weighted by Gasteiger charge is 2.19. The van der Waals surface area contributed by atoms with Gasteiger partial charge in [0.2, 0.25) is 0 Å². The molecule has 1 atom stereocenters. The molecule has 3 rings (SSSR count). The third-order valence-corrected chi connectivity index (χ3v) is 5.24.